The summed E-state index contributed by atoms with van der Waals surface area (Å²) in [6.45, 7) is 2.23. The van der Waals surface area contributed by atoms with Crippen LogP contribution < -0.4 is 11.1 Å². The summed E-state index contributed by atoms with van der Waals surface area (Å²) >= 11 is 0. The third kappa shape index (κ3) is 4.65. The van der Waals surface area contributed by atoms with Gasteiger partial charge in [0.15, 0.2) is 0 Å². The van der Waals surface area contributed by atoms with Crippen molar-refractivity contribution < 1.29 is 9.59 Å². The summed E-state index contributed by atoms with van der Waals surface area (Å²) in [6.07, 6.45) is 6.71. The molecule has 0 aliphatic carbocycles. The minimum absolute atomic E-state index is 0.183. The van der Waals surface area contributed by atoms with E-state index < -0.39 is 5.91 Å². The summed E-state index contributed by atoms with van der Waals surface area (Å²) in [4.78, 5) is 22.4. The van der Waals surface area contributed by atoms with E-state index in [-0.39, 0.29) is 5.91 Å². The zero-order chi connectivity index (χ0) is 13.4. The average Bonchev–Trinajstić information content (AvgIpc) is 2.37. The number of nitrogens with two attached hydrogens (primary N) is 1. The second-order valence-electron chi connectivity index (χ2n) is 3.67. The first-order valence-corrected chi connectivity index (χ1v) is 5.59. The van der Waals surface area contributed by atoms with E-state index in [9.17, 15) is 9.59 Å². The quantitative estimate of drug-likeness (QED) is 0.609. The van der Waals surface area contributed by atoms with Crippen molar-refractivity contribution in [1.82, 2.24) is 5.32 Å². The number of nitrogens with one attached hydrogen (secondary N) is 1. The highest BCUT2D eigenvalue weighted by Gasteiger charge is 2.01. The largest absolute Gasteiger partial charge is 0.366 e. The third-order valence-electron chi connectivity index (χ3n) is 2.23. The highest BCUT2D eigenvalue weighted by molar-refractivity contribution is 5.93. The molecule has 4 nitrogen and oxygen atoms in total. The molecule has 0 radical (unpaired) electrons. The fourth-order valence-electron chi connectivity index (χ4n) is 1.34. The molecule has 1 aromatic carbocycles. The first-order valence-electron chi connectivity index (χ1n) is 5.59. The van der Waals surface area contributed by atoms with Gasteiger partial charge in [-0.15, -0.1) is 0 Å². The molecule has 1 aromatic rings. The first-order chi connectivity index (χ1) is 8.63. The van der Waals surface area contributed by atoms with Crippen LogP contribution in [0, 0.1) is 0 Å². The summed E-state index contributed by atoms with van der Waals surface area (Å²) in [5.74, 6) is -0.659. The van der Waals surface area contributed by atoms with Gasteiger partial charge in [-0.3, -0.25) is 9.59 Å². The highest BCUT2D eigenvalue weighted by atomic mass is 16.1. The Morgan fingerprint density at radius 3 is 2.78 bits per heavy atom. The lowest BCUT2D eigenvalue weighted by Crippen LogP contribution is -2.20. The molecule has 18 heavy (non-hydrogen) atoms. The van der Waals surface area contributed by atoms with Crippen LogP contribution in [0.3, 0.4) is 0 Å². The number of hydrogen-bond donors (Lipinski definition) is 2. The van der Waals surface area contributed by atoms with Crippen molar-refractivity contribution in [3.63, 3.8) is 0 Å². The monoisotopic (exact) mass is 244 g/mol. The molecule has 0 aliphatic heterocycles. The molecule has 0 spiro atoms. The van der Waals surface area contributed by atoms with Crippen LogP contribution in [0.4, 0.5) is 0 Å². The van der Waals surface area contributed by atoms with Crippen LogP contribution in [0.15, 0.2) is 48.6 Å². The number of hydrogen-bond acceptors (Lipinski definition) is 2. The summed E-state index contributed by atoms with van der Waals surface area (Å²) in [5.41, 5.74) is 6.44. The van der Waals surface area contributed by atoms with Gasteiger partial charge in [-0.1, -0.05) is 30.4 Å². The molecule has 0 fully saturated rings. The van der Waals surface area contributed by atoms with Crippen molar-refractivity contribution in [2.24, 2.45) is 5.73 Å². The Balaban J connectivity index is 2.55. The maximum absolute atomic E-state index is 11.4. The Hall–Kier alpha value is -2.36. The number of allylic oxidation sites excluding steroid dienone is 3. The van der Waals surface area contributed by atoms with Crippen LogP contribution in [-0.4, -0.2) is 11.8 Å². The Morgan fingerprint density at radius 1 is 1.33 bits per heavy atom. The second kappa shape index (κ2) is 7.06. The molecule has 0 saturated carbocycles. The summed E-state index contributed by atoms with van der Waals surface area (Å²) in [6, 6.07) is 6.86. The predicted octanol–water partition coefficient (Wildman–Crippen LogP) is 1.53. The Kier molecular flexibility index (Phi) is 5.38. The molecular formula is C14H16N2O2. The molecule has 0 aromatic heterocycles. The van der Waals surface area contributed by atoms with Crippen LogP contribution >= 0.6 is 0 Å². The summed E-state index contributed by atoms with van der Waals surface area (Å²) in [5, 5.41) is 2.71. The molecule has 0 heterocycles. The second-order valence-corrected chi connectivity index (χ2v) is 3.67. The van der Waals surface area contributed by atoms with Crippen LogP contribution in [0.1, 0.15) is 22.8 Å². The van der Waals surface area contributed by atoms with Gasteiger partial charge in [-0.2, -0.15) is 0 Å². The molecular weight excluding hydrogens is 228 g/mol. The SMILES string of the molecule is C/C=C/C=C/C(=O)NCc1cccc(C(N)=O)c1. The van der Waals surface area contributed by atoms with Gasteiger partial charge in [-0.25, -0.2) is 0 Å². The van der Waals surface area contributed by atoms with Crippen LogP contribution in [0.2, 0.25) is 0 Å². The van der Waals surface area contributed by atoms with Crippen molar-refractivity contribution >= 4 is 11.8 Å². The summed E-state index contributed by atoms with van der Waals surface area (Å²) < 4.78 is 0. The van der Waals surface area contributed by atoms with E-state index in [1.807, 2.05) is 19.1 Å². The van der Waals surface area contributed by atoms with Crippen LogP contribution in [0.25, 0.3) is 0 Å². The zero-order valence-electron chi connectivity index (χ0n) is 10.2. The van der Waals surface area contributed by atoms with Gasteiger partial charge in [0.05, 0.1) is 0 Å². The zero-order valence-corrected chi connectivity index (χ0v) is 10.2. The van der Waals surface area contributed by atoms with Gasteiger partial charge >= 0.3 is 0 Å². The van der Waals surface area contributed by atoms with Crippen LogP contribution in [-0.2, 0) is 11.3 Å². The molecule has 0 saturated heterocycles. The Bertz CT molecular complexity index is 490. The minimum Gasteiger partial charge on any atom is -0.366 e. The fourth-order valence-corrected chi connectivity index (χ4v) is 1.34. The number of primary amides is 1. The number of rotatable bonds is 5. The molecule has 2 amide bonds. The van der Waals surface area contributed by atoms with Gasteiger partial charge in [0.2, 0.25) is 11.8 Å². The topological polar surface area (TPSA) is 72.2 Å². The summed E-state index contributed by atoms with van der Waals surface area (Å²) in [7, 11) is 0. The number of benzene rings is 1. The van der Waals surface area contributed by atoms with Crippen molar-refractivity contribution in [2.45, 2.75) is 13.5 Å². The maximum atomic E-state index is 11.4. The molecule has 0 bridgehead atoms. The number of amides is 2. The number of carbonyl (C=O) groups excluding carboxylic acids is 2. The first kappa shape index (κ1) is 13.7. The van der Waals surface area contributed by atoms with E-state index >= 15 is 0 Å². The van der Waals surface area contributed by atoms with E-state index in [4.69, 9.17) is 5.73 Å². The van der Waals surface area contributed by atoms with E-state index in [0.717, 1.165) is 5.56 Å². The van der Waals surface area contributed by atoms with E-state index in [1.54, 1.807) is 30.4 Å². The standard InChI is InChI=1S/C14H16N2O2/c1-2-3-4-8-13(17)16-10-11-6-5-7-12(9-11)14(15)18/h2-9H,10H2,1H3,(H2,15,18)(H,16,17)/b3-2+,8-4+. The highest BCUT2D eigenvalue weighted by Crippen LogP contribution is 2.04. The Labute approximate surface area is 106 Å². The predicted molar refractivity (Wildman–Crippen MR) is 70.8 cm³/mol. The van der Waals surface area contributed by atoms with Crippen molar-refractivity contribution in [3.05, 3.63) is 59.7 Å². The lowest BCUT2D eigenvalue weighted by Gasteiger charge is -2.03. The molecule has 0 aliphatic rings. The Morgan fingerprint density at radius 2 is 2.11 bits per heavy atom. The molecule has 1 rings (SSSR count). The fraction of sp³-hybridized carbons (Fsp3) is 0.143. The van der Waals surface area contributed by atoms with E-state index in [2.05, 4.69) is 5.32 Å². The molecule has 0 unspecified atom stereocenters. The van der Waals surface area contributed by atoms with Crippen molar-refractivity contribution in [3.8, 4) is 0 Å². The van der Waals surface area contributed by atoms with E-state index in [0.29, 0.717) is 12.1 Å². The minimum atomic E-state index is -0.476. The lowest BCUT2D eigenvalue weighted by molar-refractivity contribution is -0.116. The molecule has 0 atom stereocenters. The van der Waals surface area contributed by atoms with Gasteiger partial charge < -0.3 is 11.1 Å². The van der Waals surface area contributed by atoms with Gasteiger partial charge in [-0.05, 0) is 24.6 Å². The lowest BCUT2D eigenvalue weighted by atomic mass is 10.1. The van der Waals surface area contributed by atoms with Crippen LogP contribution in [0.5, 0.6) is 0 Å². The number of carbonyl (C=O) groups is 2. The normalized spacial score (nSPS) is 10.9. The van der Waals surface area contributed by atoms with Gasteiger partial charge in [0.1, 0.15) is 0 Å². The molecule has 4 heteroatoms. The molecule has 3 N–H and O–H groups in total. The van der Waals surface area contributed by atoms with Gasteiger partial charge in [0, 0.05) is 18.2 Å². The smallest absolute Gasteiger partial charge is 0.248 e. The van der Waals surface area contributed by atoms with E-state index in [1.165, 1.54) is 6.08 Å². The van der Waals surface area contributed by atoms with Crippen molar-refractivity contribution in [2.75, 3.05) is 0 Å². The van der Waals surface area contributed by atoms with Gasteiger partial charge in [0.25, 0.3) is 0 Å². The average molecular weight is 244 g/mol. The van der Waals surface area contributed by atoms with Crippen molar-refractivity contribution in [1.29, 1.82) is 0 Å². The maximum Gasteiger partial charge on any atom is 0.248 e. The third-order valence-corrected chi connectivity index (χ3v) is 2.23. The molecule has 94 valence electrons.